The first-order chi connectivity index (χ1) is 62.6. The largest absolute Gasteiger partial charge is 0.456 e. The average Bonchev–Trinajstić information content (AvgIpc) is 0.764. The van der Waals surface area contributed by atoms with E-state index < -0.39 is 0 Å². The monoisotopic (exact) mass is 1770 g/mol. The molecule has 0 atom stereocenters. The number of ketones is 6. The van der Waals surface area contributed by atoms with E-state index >= 15 is 28.8 Å². The molecule has 0 unspecified atom stereocenters. The number of benzene rings is 2. The van der Waals surface area contributed by atoms with Gasteiger partial charge in [-0.2, -0.15) is 0 Å². The molecule has 0 aromatic heterocycles. The van der Waals surface area contributed by atoms with Crippen molar-refractivity contribution >= 4 is 34.7 Å². The molecule has 0 fully saturated rings. The van der Waals surface area contributed by atoms with Gasteiger partial charge < -0.3 is 4.74 Å². The highest BCUT2D eigenvalue weighted by molar-refractivity contribution is 6.18. The second kappa shape index (κ2) is 92.7. The topological polar surface area (TPSA) is 112 Å². The first kappa shape index (κ1) is 119. The summed E-state index contributed by atoms with van der Waals surface area (Å²) >= 11 is 0. The van der Waals surface area contributed by atoms with E-state index in [1.165, 1.54) is 424 Å². The quantitative estimate of drug-likeness (QED) is 0.0479. The predicted molar refractivity (Wildman–Crippen MR) is 556 cm³/mol. The molecular formula is C120H214O7. The molecule has 0 saturated heterocycles. The molecule has 127 heavy (non-hydrogen) atoms. The maximum atomic E-state index is 15.8. The van der Waals surface area contributed by atoms with Gasteiger partial charge in [-0.1, -0.05) is 581 Å². The Bertz CT molecular complexity index is 2640. The third-order valence-electron chi connectivity index (χ3n) is 28.3. The fraction of sp³-hybridized carbons (Fsp3) is 0.850. The number of carbonyl (C=O) groups excluding carboxylic acids is 6. The lowest BCUT2D eigenvalue weighted by Gasteiger charge is -2.21. The molecule has 2 aromatic carbocycles. The lowest BCUT2D eigenvalue weighted by molar-refractivity contribution is 0.0929. The summed E-state index contributed by atoms with van der Waals surface area (Å²) in [6, 6.07) is 6.97. The standard InChI is InChI=1S/C120H214O7/c1-7-13-19-25-31-37-43-49-55-61-67-73-79-85-91-97-109(121)107-103-105-115(119(113(125)101-95-89-83-77-71-65-59-53-47-41-35-29-23-17-11-5)117(107)111(123)99-93-87-81-75-69-63-57-51-45-39-33-27-21-15-9-3)127-116-106-104-108(110(122)98-92-86-80-74-68-62-56-50-44-38-32-26-20-14-8-2)118(112(124)100-94-88-82-76-70-64-58-52-46-40-34-28-22-16-10-4)120(116)114(126)102-96-90-84-78-72-66-60-54-48-42-36-30-24-18-12-6/h103-106H,7-102H2,1-6H3. The number of rotatable bonds is 104. The lowest BCUT2D eigenvalue weighted by Crippen LogP contribution is -2.19. The van der Waals surface area contributed by atoms with E-state index in [4.69, 9.17) is 4.74 Å². The van der Waals surface area contributed by atoms with Gasteiger partial charge in [0.1, 0.15) is 11.5 Å². The van der Waals surface area contributed by atoms with Crippen molar-refractivity contribution in [2.24, 2.45) is 0 Å². The van der Waals surface area contributed by atoms with Crippen LogP contribution in [-0.2, 0) is 0 Å². The smallest absolute Gasteiger partial charge is 0.167 e. The minimum Gasteiger partial charge on any atom is -0.456 e. The number of Topliss-reactive ketones (excluding diaryl/α,β-unsaturated/α-hetero) is 6. The van der Waals surface area contributed by atoms with Crippen molar-refractivity contribution < 1.29 is 33.5 Å². The fourth-order valence-corrected chi connectivity index (χ4v) is 19.8. The number of ether oxygens (including phenoxy) is 1. The summed E-state index contributed by atoms with van der Waals surface area (Å²) in [7, 11) is 0. The third kappa shape index (κ3) is 68.8. The van der Waals surface area contributed by atoms with Gasteiger partial charge in [-0.25, -0.2) is 0 Å². The van der Waals surface area contributed by atoms with Crippen molar-refractivity contribution in [2.45, 2.75) is 658 Å². The molecule has 0 aliphatic heterocycles. The number of unbranched alkanes of at least 4 members (excludes halogenated alkanes) is 84. The molecule has 0 aliphatic rings. The minimum atomic E-state index is -0.211. The van der Waals surface area contributed by atoms with Crippen LogP contribution in [0.5, 0.6) is 11.5 Å². The molecule has 0 amide bonds. The van der Waals surface area contributed by atoms with Crippen LogP contribution in [0.25, 0.3) is 0 Å². The average molecular weight is 1770 g/mol. The van der Waals surface area contributed by atoms with Crippen LogP contribution >= 0.6 is 0 Å². The van der Waals surface area contributed by atoms with Crippen molar-refractivity contribution in [3.05, 3.63) is 57.6 Å². The van der Waals surface area contributed by atoms with E-state index in [2.05, 4.69) is 41.5 Å². The van der Waals surface area contributed by atoms with Gasteiger partial charge in [0, 0.05) is 60.8 Å². The summed E-state index contributed by atoms with van der Waals surface area (Å²) in [5, 5.41) is 0. The molecular weight excluding hydrogens is 1550 g/mol. The van der Waals surface area contributed by atoms with Crippen molar-refractivity contribution in [3.63, 3.8) is 0 Å². The van der Waals surface area contributed by atoms with E-state index in [1.807, 2.05) is 0 Å². The van der Waals surface area contributed by atoms with E-state index in [0.717, 1.165) is 128 Å². The molecule has 0 N–H and O–H groups in total. The van der Waals surface area contributed by atoms with E-state index in [-0.39, 0.29) is 94.1 Å². The third-order valence-corrected chi connectivity index (χ3v) is 28.3. The van der Waals surface area contributed by atoms with E-state index in [0.29, 0.717) is 49.7 Å². The van der Waals surface area contributed by atoms with Crippen LogP contribution in [0.1, 0.15) is 720 Å². The SMILES string of the molecule is CCCCCCCCCCCCCCCCCC(=O)c1ccc(Oc2ccc(C(=O)CCCCCCCCCCCCCCCCC)c(C(=O)CCCCCCCCCCCCCCCCC)c2C(=O)CCCCCCCCCCCCCCCCC)c(C(=O)CCCCCCCCCCCCCCCCC)c1C(=O)CCCCCCCCCCCCCCCCC. The minimum absolute atomic E-state index is 0.106. The zero-order valence-corrected chi connectivity index (χ0v) is 86.0. The normalized spacial score (nSPS) is 11.6. The van der Waals surface area contributed by atoms with Crippen LogP contribution in [0.2, 0.25) is 0 Å². The van der Waals surface area contributed by atoms with Crippen LogP contribution in [0.4, 0.5) is 0 Å². The molecule has 7 nitrogen and oxygen atoms in total. The maximum Gasteiger partial charge on any atom is 0.167 e. The van der Waals surface area contributed by atoms with Gasteiger partial charge in [-0.15, -0.1) is 0 Å². The Morgan fingerprint density at radius 3 is 0.386 bits per heavy atom. The highest BCUT2D eigenvalue weighted by Gasteiger charge is 2.32. The molecule has 0 spiro atoms. The summed E-state index contributed by atoms with van der Waals surface area (Å²) in [5.74, 6) is -0.698. The van der Waals surface area contributed by atoms with E-state index in [1.54, 1.807) is 24.3 Å². The van der Waals surface area contributed by atoms with Gasteiger partial charge in [0.15, 0.2) is 34.7 Å². The van der Waals surface area contributed by atoms with E-state index in [9.17, 15) is 0 Å². The molecule has 0 heterocycles. The summed E-state index contributed by atoms with van der Waals surface area (Å²) < 4.78 is 7.27. The van der Waals surface area contributed by atoms with Gasteiger partial charge in [0.05, 0.1) is 11.1 Å². The molecule has 2 rings (SSSR count). The molecule has 736 valence electrons. The van der Waals surface area contributed by atoms with Crippen molar-refractivity contribution in [1.29, 1.82) is 0 Å². The highest BCUT2D eigenvalue weighted by Crippen LogP contribution is 2.39. The second-order valence-corrected chi connectivity index (χ2v) is 40.6. The number of hydrogen-bond acceptors (Lipinski definition) is 7. The van der Waals surface area contributed by atoms with Gasteiger partial charge >= 0.3 is 0 Å². The van der Waals surface area contributed by atoms with Gasteiger partial charge in [0.2, 0.25) is 0 Å². The summed E-state index contributed by atoms with van der Waals surface area (Å²) in [6.07, 6.45) is 111. The summed E-state index contributed by atoms with van der Waals surface area (Å²) in [4.78, 5) is 93.3. The Labute approximate surface area is 790 Å². The molecule has 7 heteroatoms. The number of carbonyl (C=O) groups is 6. The lowest BCUT2D eigenvalue weighted by atomic mass is 9.86. The van der Waals surface area contributed by atoms with Crippen molar-refractivity contribution in [2.75, 3.05) is 0 Å². The molecule has 0 bridgehead atoms. The fourth-order valence-electron chi connectivity index (χ4n) is 19.8. The van der Waals surface area contributed by atoms with Crippen LogP contribution in [0.3, 0.4) is 0 Å². The first-order valence-electron chi connectivity index (χ1n) is 57.8. The van der Waals surface area contributed by atoms with Crippen LogP contribution in [-0.4, -0.2) is 34.7 Å². The maximum absolute atomic E-state index is 15.8. The molecule has 0 saturated carbocycles. The number of hydrogen-bond donors (Lipinski definition) is 0. The summed E-state index contributed by atoms with van der Waals surface area (Å²) in [6.45, 7) is 13.7. The van der Waals surface area contributed by atoms with Gasteiger partial charge in [-0.05, 0) is 62.8 Å². The van der Waals surface area contributed by atoms with Crippen molar-refractivity contribution in [3.8, 4) is 11.5 Å². The highest BCUT2D eigenvalue weighted by atomic mass is 16.5. The zero-order chi connectivity index (χ0) is 91.5. The van der Waals surface area contributed by atoms with Crippen molar-refractivity contribution in [1.82, 2.24) is 0 Å². The Balaban J connectivity index is 2.76. The zero-order valence-electron chi connectivity index (χ0n) is 86.0. The predicted octanol–water partition coefficient (Wildman–Crippen LogP) is 42.1. The summed E-state index contributed by atoms with van der Waals surface area (Å²) in [5.41, 5.74) is 1.30. The second-order valence-electron chi connectivity index (χ2n) is 40.6. The molecule has 0 radical (unpaired) electrons. The first-order valence-corrected chi connectivity index (χ1v) is 57.8. The molecule has 0 aliphatic carbocycles. The van der Waals surface area contributed by atoms with Gasteiger partial charge in [-0.3, -0.25) is 28.8 Å². The Kier molecular flexibility index (Phi) is 87.1. The Morgan fingerprint density at radius 1 is 0.142 bits per heavy atom. The van der Waals surface area contributed by atoms with Crippen LogP contribution in [0.15, 0.2) is 24.3 Å². The van der Waals surface area contributed by atoms with Crippen LogP contribution in [0, 0.1) is 0 Å². The Morgan fingerprint density at radius 2 is 0.252 bits per heavy atom. The Hall–Kier alpha value is -3.74. The van der Waals surface area contributed by atoms with Crippen LogP contribution < -0.4 is 4.74 Å². The van der Waals surface area contributed by atoms with Gasteiger partial charge in [0.25, 0.3) is 0 Å². The molecule has 2 aromatic rings.